The van der Waals surface area contributed by atoms with Gasteiger partial charge in [-0.1, -0.05) is 19.3 Å². The largest absolute Gasteiger partial charge is 0.366 e. The van der Waals surface area contributed by atoms with Crippen LogP contribution in [0, 0.1) is 11.7 Å². The van der Waals surface area contributed by atoms with E-state index in [2.05, 4.69) is 5.32 Å². The van der Waals surface area contributed by atoms with Gasteiger partial charge in [0.25, 0.3) is 5.91 Å². The van der Waals surface area contributed by atoms with Crippen molar-refractivity contribution in [3.63, 3.8) is 0 Å². The molecule has 1 heterocycles. The molecule has 6 nitrogen and oxygen atoms in total. The first kappa shape index (κ1) is 19.5. The van der Waals surface area contributed by atoms with Crippen LogP contribution in [0.2, 0.25) is 0 Å². The van der Waals surface area contributed by atoms with E-state index in [1.54, 1.807) is 0 Å². The molecule has 1 fully saturated rings. The number of anilines is 1. The van der Waals surface area contributed by atoms with E-state index >= 15 is 0 Å². The van der Waals surface area contributed by atoms with Crippen LogP contribution in [0.25, 0.3) is 0 Å². The predicted octanol–water partition coefficient (Wildman–Crippen LogP) is 3.34. The van der Waals surface area contributed by atoms with E-state index in [0.29, 0.717) is 0 Å². The molecule has 27 heavy (non-hydrogen) atoms. The molecule has 1 aliphatic carbocycles. The first-order chi connectivity index (χ1) is 12.8. The number of benzene rings is 1. The molecule has 1 aliphatic rings. The second kappa shape index (κ2) is 7.77. The van der Waals surface area contributed by atoms with Crippen molar-refractivity contribution in [1.82, 2.24) is 0 Å². The van der Waals surface area contributed by atoms with Crippen LogP contribution in [0.1, 0.15) is 42.5 Å². The molecule has 0 unspecified atom stereocenters. The summed E-state index contributed by atoms with van der Waals surface area (Å²) in [6.07, 6.45) is 4.56. The Morgan fingerprint density at radius 3 is 2.33 bits per heavy atom. The van der Waals surface area contributed by atoms with Gasteiger partial charge in [0.1, 0.15) is 15.0 Å². The van der Waals surface area contributed by atoms with Crippen molar-refractivity contribution in [1.29, 1.82) is 0 Å². The summed E-state index contributed by atoms with van der Waals surface area (Å²) in [6, 6.07) is 5.54. The third-order valence-corrected chi connectivity index (χ3v) is 7.87. The van der Waals surface area contributed by atoms with Crippen molar-refractivity contribution in [2.75, 3.05) is 5.32 Å². The first-order valence-electron chi connectivity index (χ1n) is 8.54. The quantitative estimate of drug-likeness (QED) is 0.737. The standard InChI is InChI=1S/C18H19FN2O4S2/c19-12-6-8-13(9-7-12)27(24,25)15-10-14(16(20)22)18(26-15)21-17(23)11-4-2-1-3-5-11/h6-11H,1-5H2,(H2,20,22)(H,21,23). The number of nitrogens with one attached hydrogen (secondary N) is 1. The highest BCUT2D eigenvalue weighted by molar-refractivity contribution is 7.93. The van der Waals surface area contributed by atoms with Gasteiger partial charge in [0.15, 0.2) is 0 Å². The molecule has 2 aromatic rings. The zero-order chi connectivity index (χ0) is 19.6. The molecule has 0 bridgehead atoms. The molecule has 1 aromatic carbocycles. The Morgan fingerprint density at radius 2 is 1.74 bits per heavy atom. The summed E-state index contributed by atoms with van der Waals surface area (Å²) in [6.45, 7) is 0. The second-order valence-electron chi connectivity index (χ2n) is 6.45. The van der Waals surface area contributed by atoms with Gasteiger partial charge in [-0.05, 0) is 43.2 Å². The minimum absolute atomic E-state index is 0.0511. The zero-order valence-corrected chi connectivity index (χ0v) is 16.0. The summed E-state index contributed by atoms with van der Waals surface area (Å²) < 4.78 is 38.4. The van der Waals surface area contributed by atoms with Gasteiger partial charge in [0, 0.05) is 5.92 Å². The maximum absolute atomic E-state index is 13.1. The SMILES string of the molecule is NC(=O)c1cc(S(=O)(=O)c2ccc(F)cc2)sc1NC(=O)C1CCCCC1. The molecule has 144 valence electrons. The molecule has 1 saturated carbocycles. The van der Waals surface area contributed by atoms with Crippen molar-refractivity contribution in [3.05, 3.63) is 41.7 Å². The molecular formula is C18H19FN2O4S2. The Labute approximate surface area is 160 Å². The number of carbonyl (C=O) groups is 2. The Bertz CT molecular complexity index is 962. The smallest absolute Gasteiger partial charge is 0.251 e. The summed E-state index contributed by atoms with van der Waals surface area (Å²) in [5.41, 5.74) is 5.30. The van der Waals surface area contributed by atoms with Gasteiger partial charge in [0.2, 0.25) is 15.7 Å². The Kier molecular flexibility index (Phi) is 5.61. The fourth-order valence-corrected chi connectivity index (χ4v) is 5.86. The van der Waals surface area contributed by atoms with Gasteiger partial charge in [-0.3, -0.25) is 9.59 Å². The number of primary amides is 1. The minimum atomic E-state index is -3.96. The van der Waals surface area contributed by atoms with E-state index in [0.717, 1.165) is 73.8 Å². The summed E-state index contributed by atoms with van der Waals surface area (Å²) >= 11 is 0.772. The van der Waals surface area contributed by atoms with Gasteiger partial charge in [0.05, 0.1) is 10.5 Å². The topological polar surface area (TPSA) is 106 Å². The third-order valence-electron chi connectivity index (χ3n) is 4.58. The maximum atomic E-state index is 13.1. The monoisotopic (exact) mass is 410 g/mol. The van der Waals surface area contributed by atoms with Gasteiger partial charge in [-0.15, -0.1) is 11.3 Å². The number of sulfone groups is 1. The van der Waals surface area contributed by atoms with Crippen molar-refractivity contribution < 1.29 is 22.4 Å². The highest BCUT2D eigenvalue weighted by Crippen LogP contribution is 2.35. The van der Waals surface area contributed by atoms with E-state index in [9.17, 15) is 22.4 Å². The fraction of sp³-hybridized carbons (Fsp3) is 0.333. The van der Waals surface area contributed by atoms with Gasteiger partial charge < -0.3 is 11.1 Å². The van der Waals surface area contributed by atoms with Crippen LogP contribution in [0.4, 0.5) is 9.39 Å². The lowest BCUT2D eigenvalue weighted by Gasteiger charge is -2.20. The highest BCUT2D eigenvalue weighted by Gasteiger charge is 2.27. The summed E-state index contributed by atoms with van der Waals surface area (Å²) in [4.78, 5) is 24.1. The van der Waals surface area contributed by atoms with Crippen LogP contribution in [0.15, 0.2) is 39.4 Å². The number of carbonyl (C=O) groups excluding carboxylic acids is 2. The molecule has 2 amide bonds. The van der Waals surface area contributed by atoms with E-state index in [1.807, 2.05) is 0 Å². The number of hydrogen-bond acceptors (Lipinski definition) is 5. The molecule has 0 atom stereocenters. The van der Waals surface area contributed by atoms with Crippen molar-refractivity contribution in [2.24, 2.45) is 11.7 Å². The molecule has 0 saturated heterocycles. The lowest BCUT2D eigenvalue weighted by molar-refractivity contribution is -0.120. The number of amides is 2. The van der Waals surface area contributed by atoms with Crippen LogP contribution >= 0.6 is 11.3 Å². The molecule has 0 aliphatic heterocycles. The zero-order valence-electron chi connectivity index (χ0n) is 14.4. The minimum Gasteiger partial charge on any atom is -0.366 e. The maximum Gasteiger partial charge on any atom is 0.251 e. The number of thiophene rings is 1. The van der Waals surface area contributed by atoms with E-state index in [-0.39, 0.29) is 31.5 Å². The van der Waals surface area contributed by atoms with Gasteiger partial charge >= 0.3 is 0 Å². The van der Waals surface area contributed by atoms with E-state index in [4.69, 9.17) is 5.73 Å². The molecule has 1 aromatic heterocycles. The molecular weight excluding hydrogens is 391 g/mol. The molecule has 9 heteroatoms. The molecule has 3 N–H and O–H groups in total. The second-order valence-corrected chi connectivity index (χ2v) is 9.68. The molecule has 0 radical (unpaired) electrons. The summed E-state index contributed by atoms with van der Waals surface area (Å²) in [7, 11) is -3.96. The number of rotatable bonds is 5. The lowest BCUT2D eigenvalue weighted by Crippen LogP contribution is -2.25. The molecule has 3 rings (SSSR count). The van der Waals surface area contributed by atoms with Crippen LogP contribution < -0.4 is 11.1 Å². The Balaban J connectivity index is 1.92. The van der Waals surface area contributed by atoms with Crippen molar-refractivity contribution in [3.8, 4) is 0 Å². The van der Waals surface area contributed by atoms with Gasteiger partial charge in [-0.2, -0.15) is 0 Å². The Morgan fingerprint density at radius 1 is 1.11 bits per heavy atom. The predicted molar refractivity (Wildman–Crippen MR) is 99.9 cm³/mol. The lowest BCUT2D eigenvalue weighted by atomic mass is 9.89. The normalized spacial score (nSPS) is 15.4. The first-order valence-corrected chi connectivity index (χ1v) is 10.8. The van der Waals surface area contributed by atoms with Crippen molar-refractivity contribution >= 4 is 38.0 Å². The number of nitrogens with two attached hydrogens (primary N) is 1. The number of halogens is 1. The fourth-order valence-electron chi connectivity index (χ4n) is 3.09. The van der Waals surface area contributed by atoms with Crippen LogP contribution in [-0.2, 0) is 14.6 Å². The number of hydrogen-bond donors (Lipinski definition) is 2. The third kappa shape index (κ3) is 4.19. The average molecular weight is 410 g/mol. The highest BCUT2D eigenvalue weighted by atomic mass is 32.2. The van der Waals surface area contributed by atoms with E-state index in [1.165, 1.54) is 0 Å². The van der Waals surface area contributed by atoms with Crippen molar-refractivity contribution in [2.45, 2.75) is 41.2 Å². The summed E-state index contributed by atoms with van der Waals surface area (Å²) in [5, 5.41) is 2.79. The van der Waals surface area contributed by atoms with Crippen LogP contribution in [-0.4, -0.2) is 20.2 Å². The average Bonchev–Trinajstić information content (AvgIpc) is 3.08. The molecule has 0 spiro atoms. The van der Waals surface area contributed by atoms with Crippen LogP contribution in [0.5, 0.6) is 0 Å². The van der Waals surface area contributed by atoms with Crippen LogP contribution in [0.3, 0.4) is 0 Å². The summed E-state index contributed by atoms with van der Waals surface area (Å²) in [5.74, 6) is -1.77. The van der Waals surface area contributed by atoms with Gasteiger partial charge in [-0.25, -0.2) is 12.8 Å². The van der Waals surface area contributed by atoms with E-state index < -0.39 is 21.6 Å². The Hall–Kier alpha value is -2.26.